The smallest absolute Gasteiger partial charge is 0.382 e. The summed E-state index contributed by atoms with van der Waals surface area (Å²) in [5.74, 6) is 0. The van der Waals surface area contributed by atoms with Crippen LogP contribution in [-0.2, 0) is 23.3 Å². The Morgan fingerprint density at radius 2 is 2.28 bits per heavy atom. The fraction of sp³-hybridized carbons (Fsp3) is 0.692. The third-order valence-electron chi connectivity index (χ3n) is 3.87. The minimum absolute atomic E-state index is 0.0385. The van der Waals surface area contributed by atoms with Crippen molar-refractivity contribution in [2.45, 2.75) is 24.8 Å². The Bertz CT molecular complexity index is 749. The molecular formula is C13H22N3O8P. The Kier molecular flexibility index (Phi) is 6.33. The van der Waals surface area contributed by atoms with E-state index >= 15 is 0 Å². The summed E-state index contributed by atoms with van der Waals surface area (Å²) < 4.78 is 34.2. The monoisotopic (exact) mass is 379 g/mol. The van der Waals surface area contributed by atoms with Gasteiger partial charge in [-0.05, 0) is 6.92 Å². The van der Waals surface area contributed by atoms with Crippen molar-refractivity contribution >= 4 is 7.75 Å². The SMILES string of the molecule is COC[C@]1(OC(C)n2ccc(=O)[nH]c2=O)COC[C@H]1NP(=O)(O)OC. The van der Waals surface area contributed by atoms with E-state index in [0.717, 1.165) is 7.11 Å². The average Bonchev–Trinajstić information content (AvgIpc) is 2.89. The summed E-state index contributed by atoms with van der Waals surface area (Å²) in [6.07, 6.45) is 0.502. The van der Waals surface area contributed by atoms with Crippen LogP contribution >= 0.6 is 7.75 Å². The summed E-state index contributed by atoms with van der Waals surface area (Å²) in [5, 5.41) is 2.47. The lowest BCUT2D eigenvalue weighted by molar-refractivity contribution is -0.154. The zero-order valence-electron chi connectivity index (χ0n) is 14.1. The van der Waals surface area contributed by atoms with Crippen molar-refractivity contribution in [1.82, 2.24) is 14.6 Å². The molecule has 1 aliphatic rings. The van der Waals surface area contributed by atoms with Crippen molar-refractivity contribution in [1.29, 1.82) is 0 Å². The average molecular weight is 379 g/mol. The van der Waals surface area contributed by atoms with Crippen LogP contribution in [0.5, 0.6) is 0 Å². The third kappa shape index (κ3) is 4.64. The number of hydrogen-bond donors (Lipinski definition) is 3. The fourth-order valence-corrected chi connectivity index (χ4v) is 3.46. The molecular weight excluding hydrogens is 357 g/mol. The number of aromatic amines is 1. The van der Waals surface area contributed by atoms with Gasteiger partial charge in [-0.3, -0.25) is 14.3 Å². The van der Waals surface area contributed by atoms with Crippen LogP contribution in [0.4, 0.5) is 0 Å². The summed E-state index contributed by atoms with van der Waals surface area (Å²) >= 11 is 0. The molecule has 1 fully saturated rings. The van der Waals surface area contributed by atoms with E-state index in [0.29, 0.717) is 0 Å². The number of aromatic nitrogens is 2. The molecule has 2 unspecified atom stereocenters. The second kappa shape index (κ2) is 7.92. The van der Waals surface area contributed by atoms with Crippen LogP contribution < -0.4 is 16.3 Å². The molecule has 2 heterocycles. The molecule has 0 aromatic carbocycles. The molecule has 3 N–H and O–H groups in total. The molecule has 142 valence electrons. The molecule has 0 amide bonds. The summed E-state index contributed by atoms with van der Waals surface area (Å²) in [4.78, 5) is 34.9. The van der Waals surface area contributed by atoms with Crippen molar-refractivity contribution in [3.05, 3.63) is 33.1 Å². The first-order chi connectivity index (χ1) is 11.7. The van der Waals surface area contributed by atoms with Crippen LogP contribution in [0.15, 0.2) is 21.9 Å². The number of ether oxygens (including phenoxy) is 3. The van der Waals surface area contributed by atoms with Crippen molar-refractivity contribution in [3.8, 4) is 0 Å². The molecule has 1 aromatic rings. The Balaban J connectivity index is 2.27. The highest BCUT2D eigenvalue weighted by Gasteiger charge is 2.49. The molecule has 12 heteroatoms. The molecule has 1 aliphatic heterocycles. The lowest BCUT2D eigenvalue weighted by atomic mass is 9.99. The maximum Gasteiger partial charge on any atom is 0.403 e. The van der Waals surface area contributed by atoms with Crippen LogP contribution in [0.25, 0.3) is 0 Å². The van der Waals surface area contributed by atoms with Crippen molar-refractivity contribution in [2.75, 3.05) is 34.0 Å². The van der Waals surface area contributed by atoms with E-state index in [1.165, 1.54) is 23.9 Å². The van der Waals surface area contributed by atoms with Gasteiger partial charge in [0.2, 0.25) is 0 Å². The van der Waals surface area contributed by atoms with Gasteiger partial charge in [-0.1, -0.05) is 0 Å². The Hall–Kier alpha value is -1.33. The molecule has 0 spiro atoms. The minimum Gasteiger partial charge on any atom is -0.382 e. The molecule has 2 rings (SSSR count). The Morgan fingerprint density at radius 1 is 1.56 bits per heavy atom. The molecule has 25 heavy (non-hydrogen) atoms. The van der Waals surface area contributed by atoms with Crippen LogP contribution in [0, 0.1) is 0 Å². The fourth-order valence-electron chi connectivity index (χ4n) is 2.65. The van der Waals surface area contributed by atoms with Crippen molar-refractivity contribution in [2.24, 2.45) is 0 Å². The maximum absolute atomic E-state index is 11.9. The highest BCUT2D eigenvalue weighted by Crippen LogP contribution is 2.40. The number of nitrogens with zero attached hydrogens (tertiary/aromatic N) is 1. The second-order valence-electron chi connectivity index (χ2n) is 5.63. The van der Waals surface area contributed by atoms with Gasteiger partial charge in [-0.15, -0.1) is 0 Å². The molecule has 0 aliphatic carbocycles. The van der Waals surface area contributed by atoms with E-state index in [4.69, 9.17) is 14.2 Å². The largest absolute Gasteiger partial charge is 0.403 e. The molecule has 4 atom stereocenters. The van der Waals surface area contributed by atoms with Gasteiger partial charge in [0.15, 0.2) is 0 Å². The molecule has 0 bridgehead atoms. The van der Waals surface area contributed by atoms with Gasteiger partial charge >= 0.3 is 13.4 Å². The number of hydrogen-bond acceptors (Lipinski definition) is 7. The first-order valence-electron chi connectivity index (χ1n) is 7.45. The molecule has 0 saturated carbocycles. The molecule has 1 aromatic heterocycles. The van der Waals surface area contributed by atoms with Gasteiger partial charge in [0.1, 0.15) is 11.8 Å². The van der Waals surface area contributed by atoms with E-state index in [1.807, 2.05) is 0 Å². The highest BCUT2D eigenvalue weighted by atomic mass is 31.2. The summed E-state index contributed by atoms with van der Waals surface area (Å²) in [5.41, 5.74) is -2.30. The van der Waals surface area contributed by atoms with E-state index in [1.54, 1.807) is 6.92 Å². The van der Waals surface area contributed by atoms with Gasteiger partial charge in [0, 0.05) is 26.5 Å². The van der Waals surface area contributed by atoms with Crippen LogP contribution in [-0.4, -0.2) is 60.1 Å². The molecule has 1 saturated heterocycles. The van der Waals surface area contributed by atoms with Crippen LogP contribution in [0.1, 0.15) is 13.2 Å². The van der Waals surface area contributed by atoms with E-state index in [9.17, 15) is 19.0 Å². The standard InChI is InChI=1S/C13H22N3O8P/c1-9(16-5-4-11(17)14-12(16)18)24-13(7-21-2)8-23-6-10(13)15-25(19,20)22-3/h4-5,9-10H,6-8H2,1-3H3,(H,14,17,18)(H2,15,19,20)/t9?,10-,13+/m1/s1. The lowest BCUT2D eigenvalue weighted by Crippen LogP contribution is -2.55. The number of H-pyrrole nitrogens is 1. The van der Waals surface area contributed by atoms with E-state index in [2.05, 4.69) is 14.6 Å². The first kappa shape index (κ1) is 20.0. The minimum atomic E-state index is -4.04. The Morgan fingerprint density at radius 3 is 2.88 bits per heavy atom. The maximum atomic E-state index is 11.9. The summed E-state index contributed by atoms with van der Waals surface area (Å²) in [6.45, 7) is 1.80. The van der Waals surface area contributed by atoms with E-state index < -0.39 is 36.9 Å². The van der Waals surface area contributed by atoms with Gasteiger partial charge in [0.25, 0.3) is 5.56 Å². The predicted molar refractivity (Wildman–Crippen MR) is 86.3 cm³/mol. The van der Waals surface area contributed by atoms with Gasteiger partial charge in [-0.2, -0.15) is 0 Å². The van der Waals surface area contributed by atoms with Gasteiger partial charge in [-0.25, -0.2) is 14.4 Å². The number of nitrogens with one attached hydrogen (secondary N) is 2. The molecule has 11 nitrogen and oxygen atoms in total. The van der Waals surface area contributed by atoms with E-state index in [-0.39, 0.29) is 19.8 Å². The second-order valence-corrected chi connectivity index (χ2v) is 7.30. The number of methoxy groups -OCH3 is 1. The normalized spacial score (nSPS) is 27.1. The zero-order valence-corrected chi connectivity index (χ0v) is 15.0. The van der Waals surface area contributed by atoms with Crippen molar-refractivity contribution < 1.29 is 28.2 Å². The first-order valence-corrected chi connectivity index (χ1v) is 9.03. The van der Waals surface area contributed by atoms with Gasteiger partial charge in [0.05, 0.1) is 25.9 Å². The summed E-state index contributed by atoms with van der Waals surface area (Å²) in [7, 11) is -1.49. The summed E-state index contributed by atoms with van der Waals surface area (Å²) in [6, 6.07) is 0.474. The third-order valence-corrected chi connectivity index (χ3v) is 5.00. The predicted octanol–water partition coefficient (Wildman–Crippen LogP) is -0.808. The molecule has 0 radical (unpaired) electrons. The zero-order chi connectivity index (χ0) is 18.7. The van der Waals surface area contributed by atoms with Crippen molar-refractivity contribution in [3.63, 3.8) is 0 Å². The van der Waals surface area contributed by atoms with Gasteiger partial charge < -0.3 is 23.6 Å². The number of rotatable bonds is 8. The highest BCUT2D eigenvalue weighted by molar-refractivity contribution is 7.50. The lowest BCUT2D eigenvalue weighted by Gasteiger charge is -2.36. The van der Waals surface area contributed by atoms with Crippen LogP contribution in [0.3, 0.4) is 0 Å². The quantitative estimate of drug-likeness (QED) is 0.495. The Labute approximate surface area is 143 Å². The van der Waals surface area contributed by atoms with Crippen LogP contribution in [0.2, 0.25) is 0 Å². The topological polar surface area (TPSA) is 141 Å².